The summed E-state index contributed by atoms with van der Waals surface area (Å²) in [5.41, 5.74) is 2.99. The normalized spacial score (nSPS) is 14.0. The fraction of sp³-hybridized carbons (Fsp3) is 0.292. The van der Waals surface area contributed by atoms with Crippen molar-refractivity contribution < 1.29 is 4.79 Å². The summed E-state index contributed by atoms with van der Waals surface area (Å²) in [4.78, 5) is 14.6. The lowest BCUT2D eigenvalue weighted by Gasteiger charge is -2.15. The summed E-state index contributed by atoms with van der Waals surface area (Å²) in [6, 6.07) is 15.6. The van der Waals surface area contributed by atoms with E-state index in [2.05, 4.69) is 45.0 Å². The number of carbonyl (C=O) groups excluding carboxylic acids is 1. The highest BCUT2D eigenvalue weighted by Gasteiger charge is 2.11. The van der Waals surface area contributed by atoms with Gasteiger partial charge in [0.25, 0.3) is 5.91 Å². The molecule has 29 heavy (non-hydrogen) atoms. The molecule has 148 valence electrons. The zero-order chi connectivity index (χ0) is 20.1. The lowest BCUT2D eigenvalue weighted by atomic mass is 10.1. The summed E-state index contributed by atoms with van der Waals surface area (Å²) in [7, 11) is 0. The molecular weight excluding hydrogens is 382 g/mol. The Balaban J connectivity index is 1.35. The van der Waals surface area contributed by atoms with Crippen LogP contribution in [0.15, 0.2) is 54.7 Å². The van der Waals surface area contributed by atoms with Gasteiger partial charge in [-0.25, -0.2) is 0 Å². The highest BCUT2D eigenvalue weighted by Crippen LogP contribution is 2.21. The van der Waals surface area contributed by atoms with Crippen molar-refractivity contribution >= 4 is 34.1 Å². The van der Waals surface area contributed by atoms with Gasteiger partial charge in [0.05, 0.1) is 0 Å². The predicted octanol–water partition coefficient (Wildman–Crippen LogP) is 4.58. The summed E-state index contributed by atoms with van der Waals surface area (Å²) in [5.74, 6) is 5.27. The van der Waals surface area contributed by atoms with Gasteiger partial charge in [0, 0.05) is 47.3 Å². The zero-order valence-corrected chi connectivity index (χ0v) is 17.1. The summed E-state index contributed by atoms with van der Waals surface area (Å²) in [6.45, 7) is 4.51. The van der Waals surface area contributed by atoms with Gasteiger partial charge in [-0.3, -0.25) is 4.79 Å². The van der Waals surface area contributed by atoms with Crippen LogP contribution in [0.3, 0.4) is 0 Å². The second kappa shape index (κ2) is 9.17. The Kier molecular flexibility index (Phi) is 6.19. The molecule has 1 fully saturated rings. The SMILES string of the molecule is O=C(C#CCc1ccc(Cl)cc1)Nc1ccc2c(ccn2CCN2CCCC2)c1. The molecule has 0 radical (unpaired) electrons. The highest BCUT2D eigenvalue weighted by molar-refractivity contribution is 6.30. The standard InChI is InChI=1S/C24H24ClN3O/c25-21-8-6-19(7-9-21)4-3-5-24(29)26-22-10-11-23-20(18-22)12-15-28(23)17-16-27-13-1-2-14-27/h6-12,15,18H,1-2,4,13-14,16-17H2,(H,26,29). The maximum atomic E-state index is 12.1. The number of halogens is 1. The Morgan fingerprint density at radius 2 is 1.83 bits per heavy atom. The van der Waals surface area contributed by atoms with Crippen molar-refractivity contribution in [3.05, 3.63) is 65.3 Å². The van der Waals surface area contributed by atoms with Crippen molar-refractivity contribution in [3.63, 3.8) is 0 Å². The van der Waals surface area contributed by atoms with E-state index in [0.717, 1.165) is 29.7 Å². The molecule has 0 aliphatic carbocycles. The first-order valence-electron chi connectivity index (χ1n) is 10.0. The van der Waals surface area contributed by atoms with Crippen molar-refractivity contribution in [3.8, 4) is 11.8 Å². The van der Waals surface area contributed by atoms with Crippen LogP contribution in [0, 0.1) is 11.8 Å². The van der Waals surface area contributed by atoms with Gasteiger partial charge in [-0.2, -0.15) is 0 Å². The maximum absolute atomic E-state index is 12.1. The fourth-order valence-electron chi connectivity index (χ4n) is 3.72. The number of aromatic nitrogens is 1. The van der Waals surface area contributed by atoms with E-state index in [0.29, 0.717) is 11.4 Å². The van der Waals surface area contributed by atoms with E-state index < -0.39 is 0 Å². The highest BCUT2D eigenvalue weighted by atomic mass is 35.5. The number of hydrogen-bond acceptors (Lipinski definition) is 2. The van der Waals surface area contributed by atoms with Crippen LogP contribution < -0.4 is 5.32 Å². The van der Waals surface area contributed by atoms with Gasteiger partial charge in [-0.1, -0.05) is 29.7 Å². The molecular formula is C24H24ClN3O. The van der Waals surface area contributed by atoms with Crippen LogP contribution in [0.4, 0.5) is 5.69 Å². The van der Waals surface area contributed by atoms with Crippen molar-refractivity contribution in [2.75, 3.05) is 25.0 Å². The van der Waals surface area contributed by atoms with E-state index in [-0.39, 0.29) is 5.91 Å². The number of anilines is 1. The van der Waals surface area contributed by atoms with Crippen LogP contribution in [0.25, 0.3) is 10.9 Å². The Morgan fingerprint density at radius 1 is 1.03 bits per heavy atom. The summed E-state index contributed by atoms with van der Waals surface area (Å²) < 4.78 is 2.28. The number of rotatable bonds is 5. The molecule has 5 heteroatoms. The van der Waals surface area contributed by atoms with Crippen molar-refractivity contribution in [2.24, 2.45) is 0 Å². The first-order chi connectivity index (χ1) is 14.2. The van der Waals surface area contributed by atoms with E-state index in [1.165, 1.54) is 31.4 Å². The van der Waals surface area contributed by atoms with Gasteiger partial charge in [0.2, 0.25) is 0 Å². The van der Waals surface area contributed by atoms with E-state index in [4.69, 9.17) is 11.6 Å². The summed E-state index contributed by atoms with van der Waals surface area (Å²) in [5, 5.41) is 4.68. The van der Waals surface area contributed by atoms with E-state index in [1.807, 2.05) is 36.4 Å². The van der Waals surface area contributed by atoms with Gasteiger partial charge in [0.1, 0.15) is 0 Å². The van der Waals surface area contributed by atoms with Crippen LogP contribution >= 0.6 is 11.6 Å². The molecule has 3 aromatic rings. The molecule has 2 heterocycles. The third kappa shape index (κ3) is 5.20. The number of benzene rings is 2. The average Bonchev–Trinajstić information content (AvgIpc) is 3.37. The molecule has 1 aliphatic heterocycles. The topological polar surface area (TPSA) is 37.3 Å². The van der Waals surface area contributed by atoms with Gasteiger partial charge < -0.3 is 14.8 Å². The van der Waals surface area contributed by atoms with Crippen LogP contribution in [0.5, 0.6) is 0 Å². The molecule has 0 atom stereocenters. The Bertz CT molecular complexity index is 1050. The molecule has 1 aliphatic rings. The molecule has 1 saturated heterocycles. The van der Waals surface area contributed by atoms with Crippen LogP contribution in [0.2, 0.25) is 5.02 Å². The second-order valence-electron chi connectivity index (χ2n) is 7.39. The van der Waals surface area contributed by atoms with Crippen molar-refractivity contribution in [1.82, 2.24) is 9.47 Å². The van der Waals surface area contributed by atoms with Gasteiger partial charge in [-0.05, 0) is 73.8 Å². The van der Waals surface area contributed by atoms with Crippen LogP contribution in [-0.4, -0.2) is 35.0 Å². The number of nitrogens with zero attached hydrogens (tertiary/aromatic N) is 2. The van der Waals surface area contributed by atoms with Crippen molar-refractivity contribution in [1.29, 1.82) is 0 Å². The number of hydrogen-bond donors (Lipinski definition) is 1. The minimum absolute atomic E-state index is 0.299. The molecule has 0 spiro atoms. The van der Waals surface area contributed by atoms with Gasteiger partial charge >= 0.3 is 0 Å². The second-order valence-corrected chi connectivity index (χ2v) is 7.83. The Morgan fingerprint density at radius 3 is 2.62 bits per heavy atom. The number of likely N-dealkylation sites (tertiary alicyclic amines) is 1. The number of nitrogens with one attached hydrogen (secondary N) is 1. The predicted molar refractivity (Wildman–Crippen MR) is 119 cm³/mol. The van der Waals surface area contributed by atoms with Crippen molar-refractivity contribution in [2.45, 2.75) is 25.8 Å². The van der Waals surface area contributed by atoms with Crippen LogP contribution in [0.1, 0.15) is 18.4 Å². The van der Waals surface area contributed by atoms with Gasteiger partial charge in [0.15, 0.2) is 0 Å². The first kappa shape index (κ1) is 19.6. The van der Waals surface area contributed by atoms with Crippen LogP contribution in [-0.2, 0) is 17.8 Å². The molecule has 1 aromatic heterocycles. The average molecular weight is 406 g/mol. The quantitative estimate of drug-likeness (QED) is 0.631. The molecule has 4 rings (SSSR count). The third-order valence-corrected chi connectivity index (χ3v) is 5.54. The smallest absolute Gasteiger partial charge is 0.300 e. The molecule has 2 aromatic carbocycles. The van der Waals surface area contributed by atoms with E-state index in [1.54, 1.807) is 0 Å². The summed E-state index contributed by atoms with van der Waals surface area (Å²) >= 11 is 5.87. The van der Waals surface area contributed by atoms with E-state index >= 15 is 0 Å². The first-order valence-corrected chi connectivity index (χ1v) is 10.4. The lowest BCUT2D eigenvalue weighted by Crippen LogP contribution is -2.23. The summed E-state index contributed by atoms with van der Waals surface area (Å²) in [6.07, 6.45) is 5.28. The minimum atomic E-state index is -0.299. The van der Waals surface area contributed by atoms with E-state index in [9.17, 15) is 4.79 Å². The molecule has 0 saturated carbocycles. The third-order valence-electron chi connectivity index (χ3n) is 5.29. The zero-order valence-electron chi connectivity index (χ0n) is 16.3. The Labute approximate surface area is 176 Å². The molecule has 1 amide bonds. The number of carbonyl (C=O) groups is 1. The van der Waals surface area contributed by atoms with Gasteiger partial charge in [-0.15, -0.1) is 0 Å². The lowest BCUT2D eigenvalue weighted by molar-refractivity contribution is -0.111. The number of fused-ring (bicyclic) bond motifs is 1. The fourth-order valence-corrected chi connectivity index (χ4v) is 3.85. The molecule has 0 bridgehead atoms. The molecule has 1 N–H and O–H groups in total. The maximum Gasteiger partial charge on any atom is 0.300 e. The number of amides is 1. The monoisotopic (exact) mass is 405 g/mol. The largest absolute Gasteiger partial charge is 0.346 e. The molecule has 0 unspecified atom stereocenters. The minimum Gasteiger partial charge on any atom is -0.346 e. The molecule has 4 nitrogen and oxygen atoms in total. The Hall–Kier alpha value is -2.74.